The van der Waals surface area contributed by atoms with Crippen LogP contribution < -0.4 is 5.32 Å². The fourth-order valence-electron chi connectivity index (χ4n) is 1.92. The predicted molar refractivity (Wildman–Crippen MR) is 76.7 cm³/mol. The molecule has 0 aliphatic rings. The number of rotatable bonds is 5. The van der Waals surface area contributed by atoms with Crippen molar-refractivity contribution < 1.29 is 9.90 Å². The van der Waals surface area contributed by atoms with Crippen LogP contribution in [-0.4, -0.2) is 33.2 Å². The number of hydrogen-bond acceptors (Lipinski definition) is 3. The van der Waals surface area contributed by atoms with Crippen LogP contribution in [0, 0.1) is 5.92 Å². The summed E-state index contributed by atoms with van der Waals surface area (Å²) >= 11 is 0. The third kappa shape index (κ3) is 3.05. The Morgan fingerprint density at radius 1 is 1.35 bits per heavy atom. The molecule has 106 valence electrons. The number of carbonyl (C=O) groups excluding carboxylic acids is 1. The molecule has 1 unspecified atom stereocenters. The van der Waals surface area contributed by atoms with Crippen LogP contribution in [0.25, 0.3) is 5.69 Å². The summed E-state index contributed by atoms with van der Waals surface area (Å²) in [4.78, 5) is 16.3. The number of hydrogen-bond donors (Lipinski definition) is 2. The molecule has 1 atom stereocenters. The average molecular weight is 273 g/mol. The highest BCUT2D eigenvalue weighted by molar-refractivity contribution is 5.93. The molecule has 0 radical (unpaired) electrons. The molecule has 0 saturated carbocycles. The highest BCUT2D eigenvalue weighted by Crippen LogP contribution is 2.11. The van der Waals surface area contributed by atoms with Crippen molar-refractivity contribution in [2.24, 2.45) is 5.92 Å². The van der Waals surface area contributed by atoms with Gasteiger partial charge in [-0.25, -0.2) is 4.98 Å². The highest BCUT2D eigenvalue weighted by atomic mass is 16.3. The zero-order chi connectivity index (χ0) is 14.5. The van der Waals surface area contributed by atoms with Crippen molar-refractivity contribution in [3.05, 3.63) is 48.5 Å². The van der Waals surface area contributed by atoms with Gasteiger partial charge in [0.2, 0.25) is 0 Å². The van der Waals surface area contributed by atoms with Crippen LogP contribution in [0.4, 0.5) is 0 Å². The monoisotopic (exact) mass is 273 g/mol. The van der Waals surface area contributed by atoms with Crippen molar-refractivity contribution in [2.75, 3.05) is 6.61 Å². The van der Waals surface area contributed by atoms with E-state index in [1.165, 1.54) is 6.20 Å². The molecule has 5 heteroatoms. The summed E-state index contributed by atoms with van der Waals surface area (Å²) in [5, 5.41) is 12.1. The Bertz CT molecular complexity index is 564. The second kappa shape index (κ2) is 6.34. The van der Waals surface area contributed by atoms with Crippen LogP contribution in [0.3, 0.4) is 0 Å². The van der Waals surface area contributed by atoms with Crippen LogP contribution >= 0.6 is 0 Å². The van der Waals surface area contributed by atoms with Crippen molar-refractivity contribution in [2.45, 2.75) is 19.9 Å². The number of para-hydroxylation sites is 1. The number of nitrogens with zero attached hydrogens (tertiary/aromatic N) is 2. The molecule has 1 heterocycles. The van der Waals surface area contributed by atoms with Gasteiger partial charge in [0.05, 0.1) is 25.2 Å². The van der Waals surface area contributed by atoms with Crippen molar-refractivity contribution in [3.8, 4) is 5.69 Å². The zero-order valence-electron chi connectivity index (χ0n) is 11.7. The smallest absolute Gasteiger partial charge is 0.270 e. The number of amides is 1. The molecule has 20 heavy (non-hydrogen) atoms. The van der Waals surface area contributed by atoms with E-state index in [1.807, 2.05) is 44.2 Å². The zero-order valence-corrected chi connectivity index (χ0v) is 11.7. The summed E-state index contributed by atoms with van der Waals surface area (Å²) in [7, 11) is 0. The second-order valence-electron chi connectivity index (χ2n) is 4.99. The van der Waals surface area contributed by atoms with Gasteiger partial charge >= 0.3 is 0 Å². The van der Waals surface area contributed by atoms with E-state index in [1.54, 1.807) is 10.9 Å². The fraction of sp³-hybridized carbons (Fsp3) is 0.333. The van der Waals surface area contributed by atoms with Gasteiger partial charge in [-0.3, -0.25) is 9.36 Å². The van der Waals surface area contributed by atoms with Gasteiger partial charge in [0, 0.05) is 5.69 Å². The minimum Gasteiger partial charge on any atom is -0.394 e. The first-order valence-corrected chi connectivity index (χ1v) is 6.63. The van der Waals surface area contributed by atoms with E-state index in [4.69, 9.17) is 0 Å². The Balaban J connectivity index is 2.22. The highest BCUT2D eigenvalue weighted by Gasteiger charge is 2.19. The van der Waals surface area contributed by atoms with Gasteiger partial charge in [-0.1, -0.05) is 32.0 Å². The molecule has 1 aromatic carbocycles. The molecule has 2 aromatic rings. The summed E-state index contributed by atoms with van der Waals surface area (Å²) in [5.41, 5.74) is 1.33. The SMILES string of the molecule is CC(C)C(CO)NC(=O)c1cncn1-c1ccccc1. The number of aromatic nitrogens is 2. The van der Waals surface area contributed by atoms with Gasteiger partial charge in [0.25, 0.3) is 5.91 Å². The van der Waals surface area contributed by atoms with Crippen molar-refractivity contribution in [3.63, 3.8) is 0 Å². The second-order valence-corrected chi connectivity index (χ2v) is 4.99. The van der Waals surface area contributed by atoms with E-state index >= 15 is 0 Å². The molecule has 1 aromatic heterocycles. The normalized spacial score (nSPS) is 12.4. The van der Waals surface area contributed by atoms with Crippen LogP contribution in [-0.2, 0) is 0 Å². The van der Waals surface area contributed by atoms with Crippen molar-refractivity contribution in [1.82, 2.24) is 14.9 Å². The molecule has 0 saturated heterocycles. The summed E-state index contributed by atoms with van der Waals surface area (Å²) in [6.45, 7) is 3.83. The maximum atomic E-state index is 12.3. The Labute approximate surface area is 118 Å². The number of imidazole rings is 1. The van der Waals surface area contributed by atoms with Crippen LogP contribution in [0.5, 0.6) is 0 Å². The fourth-order valence-corrected chi connectivity index (χ4v) is 1.92. The minimum absolute atomic E-state index is 0.0805. The molecule has 5 nitrogen and oxygen atoms in total. The lowest BCUT2D eigenvalue weighted by molar-refractivity contribution is 0.0890. The van der Waals surface area contributed by atoms with Crippen LogP contribution in [0.2, 0.25) is 0 Å². The third-order valence-electron chi connectivity index (χ3n) is 3.22. The van der Waals surface area contributed by atoms with Crippen LogP contribution in [0.15, 0.2) is 42.9 Å². The minimum atomic E-state index is -0.262. The van der Waals surface area contributed by atoms with E-state index < -0.39 is 0 Å². The van der Waals surface area contributed by atoms with Crippen molar-refractivity contribution in [1.29, 1.82) is 0 Å². The largest absolute Gasteiger partial charge is 0.394 e. The summed E-state index contributed by atoms with van der Waals surface area (Å²) in [6, 6.07) is 9.28. The molecule has 0 aliphatic carbocycles. The molecule has 0 aliphatic heterocycles. The van der Waals surface area contributed by atoms with Gasteiger partial charge in [0.1, 0.15) is 5.69 Å². The quantitative estimate of drug-likeness (QED) is 0.870. The first-order valence-electron chi connectivity index (χ1n) is 6.63. The van der Waals surface area contributed by atoms with E-state index in [2.05, 4.69) is 10.3 Å². The van der Waals surface area contributed by atoms with Gasteiger partial charge in [0.15, 0.2) is 0 Å². The van der Waals surface area contributed by atoms with Gasteiger partial charge < -0.3 is 10.4 Å². The Morgan fingerprint density at radius 3 is 2.65 bits per heavy atom. The lowest BCUT2D eigenvalue weighted by atomic mass is 10.1. The molecule has 0 spiro atoms. The summed E-state index contributed by atoms with van der Waals surface area (Å²) in [5.74, 6) is -0.0730. The Morgan fingerprint density at radius 2 is 2.05 bits per heavy atom. The van der Waals surface area contributed by atoms with Crippen LogP contribution in [0.1, 0.15) is 24.3 Å². The summed E-state index contributed by atoms with van der Waals surface area (Å²) < 4.78 is 1.73. The average Bonchev–Trinajstić information content (AvgIpc) is 2.94. The number of aliphatic hydroxyl groups is 1. The van der Waals surface area contributed by atoms with Gasteiger partial charge in [-0.15, -0.1) is 0 Å². The number of nitrogens with one attached hydrogen (secondary N) is 1. The standard InChI is InChI=1S/C15H19N3O2/c1-11(2)13(9-19)17-15(20)14-8-16-10-18(14)12-6-4-3-5-7-12/h3-8,10-11,13,19H,9H2,1-2H3,(H,17,20). The van der Waals surface area contributed by atoms with E-state index in [0.29, 0.717) is 5.69 Å². The predicted octanol–water partition coefficient (Wildman–Crippen LogP) is 1.62. The maximum absolute atomic E-state index is 12.3. The number of aliphatic hydroxyl groups excluding tert-OH is 1. The van der Waals surface area contributed by atoms with Gasteiger partial charge in [-0.2, -0.15) is 0 Å². The number of benzene rings is 1. The molecule has 2 rings (SSSR count). The first-order chi connectivity index (χ1) is 9.63. The molecular weight excluding hydrogens is 254 g/mol. The Kier molecular flexibility index (Phi) is 4.53. The van der Waals surface area contributed by atoms with E-state index in [9.17, 15) is 9.90 Å². The number of carbonyl (C=O) groups is 1. The van der Waals surface area contributed by atoms with E-state index in [-0.39, 0.29) is 24.5 Å². The maximum Gasteiger partial charge on any atom is 0.270 e. The molecule has 0 bridgehead atoms. The third-order valence-corrected chi connectivity index (χ3v) is 3.22. The lowest BCUT2D eigenvalue weighted by Gasteiger charge is -2.20. The first kappa shape index (κ1) is 14.3. The van der Waals surface area contributed by atoms with Gasteiger partial charge in [-0.05, 0) is 18.1 Å². The molecule has 2 N–H and O–H groups in total. The Hall–Kier alpha value is -2.14. The lowest BCUT2D eigenvalue weighted by Crippen LogP contribution is -2.41. The molecule has 1 amide bonds. The van der Waals surface area contributed by atoms with E-state index in [0.717, 1.165) is 5.69 Å². The summed E-state index contributed by atoms with van der Waals surface area (Å²) in [6.07, 6.45) is 3.13. The topological polar surface area (TPSA) is 67.2 Å². The molecular formula is C15H19N3O2. The van der Waals surface area contributed by atoms with Crippen molar-refractivity contribution >= 4 is 5.91 Å². The molecule has 0 fully saturated rings.